The first-order valence-electron chi connectivity index (χ1n) is 7.33. The zero-order valence-electron chi connectivity index (χ0n) is 11.5. The smallest absolute Gasteiger partial charge is 0.104 e. The van der Waals surface area contributed by atoms with Crippen LogP contribution in [0.15, 0.2) is 0 Å². The molecular weight excluding hydrogens is 214 g/mol. The van der Waals surface area contributed by atoms with Crippen molar-refractivity contribution in [2.75, 3.05) is 13.2 Å². The molecule has 0 aliphatic carbocycles. The zero-order valence-corrected chi connectivity index (χ0v) is 11.5. The summed E-state index contributed by atoms with van der Waals surface area (Å²) in [7, 11) is 0. The summed E-state index contributed by atoms with van der Waals surface area (Å²) < 4.78 is 0. The lowest BCUT2D eigenvalue weighted by Gasteiger charge is -2.12. The maximum atomic E-state index is 9.62. The van der Waals surface area contributed by atoms with Crippen LogP contribution in [0.1, 0.15) is 71.1 Å². The van der Waals surface area contributed by atoms with Gasteiger partial charge in [0.2, 0.25) is 0 Å². The van der Waals surface area contributed by atoms with Crippen LogP contribution in [0.5, 0.6) is 0 Å². The molecule has 0 heterocycles. The minimum atomic E-state index is -0.357. The van der Waals surface area contributed by atoms with Crippen molar-refractivity contribution in [3.63, 3.8) is 0 Å². The maximum absolute atomic E-state index is 9.62. The Morgan fingerprint density at radius 3 is 2.18 bits per heavy atom. The Kier molecular flexibility index (Phi) is 13.8. The van der Waals surface area contributed by atoms with Crippen LogP contribution in [0.4, 0.5) is 0 Å². The highest BCUT2D eigenvalue weighted by Crippen LogP contribution is 2.09. The predicted molar refractivity (Wildman–Crippen MR) is 72.9 cm³/mol. The molecule has 0 saturated heterocycles. The van der Waals surface area contributed by atoms with E-state index in [1.807, 2.05) is 0 Å². The molecule has 0 rings (SSSR count). The van der Waals surface area contributed by atoms with Gasteiger partial charge in [-0.15, -0.1) is 0 Å². The quantitative estimate of drug-likeness (QED) is 0.345. The number of aliphatic hydroxyl groups excluding tert-OH is 2. The summed E-state index contributed by atoms with van der Waals surface area (Å²) in [6.07, 6.45) is 11.3. The van der Waals surface area contributed by atoms with E-state index < -0.39 is 0 Å². The van der Waals surface area contributed by atoms with E-state index in [2.05, 4.69) is 12.2 Å². The lowest BCUT2D eigenvalue weighted by molar-refractivity contribution is 0.123. The van der Waals surface area contributed by atoms with Gasteiger partial charge in [0.25, 0.3) is 0 Å². The van der Waals surface area contributed by atoms with Crippen LogP contribution in [0.25, 0.3) is 0 Å². The summed E-state index contributed by atoms with van der Waals surface area (Å²) >= 11 is 0. The highest BCUT2D eigenvalue weighted by Gasteiger charge is 2.01. The van der Waals surface area contributed by atoms with Crippen molar-refractivity contribution in [1.82, 2.24) is 5.32 Å². The van der Waals surface area contributed by atoms with Crippen molar-refractivity contribution in [1.29, 1.82) is 0 Å². The van der Waals surface area contributed by atoms with E-state index in [0.717, 1.165) is 32.2 Å². The second kappa shape index (κ2) is 13.9. The Balaban J connectivity index is 3.08. The normalized spacial score (nSPS) is 12.9. The standard InChI is InChI=1S/C14H31NO2/c1-2-3-4-5-6-7-8-11-14(17)15-12-9-10-13-16/h14-17H,2-13H2,1H3. The van der Waals surface area contributed by atoms with Crippen molar-refractivity contribution in [3.05, 3.63) is 0 Å². The van der Waals surface area contributed by atoms with Crippen LogP contribution < -0.4 is 5.32 Å². The lowest BCUT2D eigenvalue weighted by atomic mass is 10.1. The van der Waals surface area contributed by atoms with E-state index in [1.54, 1.807) is 0 Å². The van der Waals surface area contributed by atoms with Gasteiger partial charge in [-0.3, -0.25) is 5.32 Å². The number of unbranched alkanes of at least 4 members (excludes halogenated alkanes) is 7. The monoisotopic (exact) mass is 245 g/mol. The molecule has 3 heteroatoms. The molecule has 0 saturated carbocycles. The summed E-state index contributed by atoms with van der Waals surface area (Å²) in [6.45, 7) is 3.28. The minimum Gasteiger partial charge on any atom is -0.396 e. The molecule has 0 aromatic rings. The van der Waals surface area contributed by atoms with Gasteiger partial charge in [-0.25, -0.2) is 0 Å². The molecule has 3 nitrogen and oxygen atoms in total. The molecule has 1 atom stereocenters. The van der Waals surface area contributed by atoms with Gasteiger partial charge in [0, 0.05) is 6.61 Å². The van der Waals surface area contributed by atoms with E-state index in [9.17, 15) is 5.11 Å². The molecule has 0 fully saturated rings. The van der Waals surface area contributed by atoms with Gasteiger partial charge in [-0.1, -0.05) is 45.4 Å². The van der Waals surface area contributed by atoms with Crippen LogP contribution >= 0.6 is 0 Å². The fourth-order valence-corrected chi connectivity index (χ4v) is 1.90. The van der Waals surface area contributed by atoms with Gasteiger partial charge in [0.1, 0.15) is 6.23 Å². The lowest BCUT2D eigenvalue weighted by Crippen LogP contribution is -2.29. The number of rotatable bonds is 13. The number of nitrogens with one attached hydrogen (secondary N) is 1. The molecule has 0 spiro atoms. The summed E-state index contributed by atoms with van der Waals surface area (Å²) in [4.78, 5) is 0. The molecule has 3 N–H and O–H groups in total. The van der Waals surface area contributed by atoms with Crippen LogP contribution in [-0.2, 0) is 0 Å². The van der Waals surface area contributed by atoms with Crippen molar-refractivity contribution in [3.8, 4) is 0 Å². The molecule has 0 aliphatic heterocycles. The van der Waals surface area contributed by atoms with E-state index in [1.165, 1.54) is 38.5 Å². The van der Waals surface area contributed by atoms with E-state index in [-0.39, 0.29) is 12.8 Å². The minimum absolute atomic E-state index is 0.246. The molecule has 0 aromatic heterocycles. The van der Waals surface area contributed by atoms with Crippen molar-refractivity contribution < 1.29 is 10.2 Å². The maximum Gasteiger partial charge on any atom is 0.104 e. The van der Waals surface area contributed by atoms with E-state index in [4.69, 9.17) is 5.11 Å². The Labute approximate surface area is 107 Å². The highest BCUT2D eigenvalue weighted by atomic mass is 16.3. The second-order valence-corrected chi connectivity index (χ2v) is 4.81. The first-order chi connectivity index (χ1) is 8.31. The molecule has 1 unspecified atom stereocenters. The molecule has 17 heavy (non-hydrogen) atoms. The molecule has 0 aromatic carbocycles. The molecule has 104 valence electrons. The molecule has 0 radical (unpaired) electrons. The van der Waals surface area contributed by atoms with Gasteiger partial charge in [-0.2, -0.15) is 0 Å². The molecular formula is C14H31NO2. The van der Waals surface area contributed by atoms with Crippen LogP contribution in [0, 0.1) is 0 Å². The summed E-state index contributed by atoms with van der Waals surface area (Å²) in [5.41, 5.74) is 0. The van der Waals surface area contributed by atoms with Crippen molar-refractivity contribution in [2.24, 2.45) is 0 Å². The molecule has 0 bridgehead atoms. The Morgan fingerprint density at radius 2 is 1.53 bits per heavy atom. The second-order valence-electron chi connectivity index (χ2n) is 4.81. The largest absolute Gasteiger partial charge is 0.396 e. The number of hydrogen-bond donors (Lipinski definition) is 3. The fraction of sp³-hybridized carbons (Fsp3) is 1.00. The SMILES string of the molecule is CCCCCCCCCC(O)NCCCCO. The molecule has 0 amide bonds. The van der Waals surface area contributed by atoms with Gasteiger partial charge < -0.3 is 10.2 Å². The third-order valence-electron chi connectivity index (χ3n) is 3.05. The average molecular weight is 245 g/mol. The topological polar surface area (TPSA) is 52.5 Å². The fourth-order valence-electron chi connectivity index (χ4n) is 1.90. The third kappa shape index (κ3) is 13.8. The van der Waals surface area contributed by atoms with E-state index >= 15 is 0 Å². The van der Waals surface area contributed by atoms with Crippen molar-refractivity contribution >= 4 is 0 Å². The Hall–Kier alpha value is -0.120. The van der Waals surface area contributed by atoms with Crippen molar-refractivity contribution in [2.45, 2.75) is 77.4 Å². The van der Waals surface area contributed by atoms with Gasteiger partial charge in [0.15, 0.2) is 0 Å². The summed E-state index contributed by atoms with van der Waals surface area (Å²) in [6, 6.07) is 0. The summed E-state index contributed by atoms with van der Waals surface area (Å²) in [5.74, 6) is 0. The van der Waals surface area contributed by atoms with Crippen LogP contribution in [0.3, 0.4) is 0 Å². The molecule has 0 aliphatic rings. The van der Waals surface area contributed by atoms with E-state index in [0.29, 0.717) is 0 Å². The van der Waals surface area contributed by atoms with Gasteiger partial charge in [-0.05, 0) is 32.2 Å². The van der Waals surface area contributed by atoms with Gasteiger partial charge >= 0.3 is 0 Å². The van der Waals surface area contributed by atoms with Crippen LogP contribution in [-0.4, -0.2) is 29.6 Å². The third-order valence-corrected chi connectivity index (χ3v) is 3.05. The first kappa shape index (κ1) is 16.9. The average Bonchev–Trinajstić information content (AvgIpc) is 2.33. The summed E-state index contributed by atoms with van der Waals surface area (Å²) in [5, 5.41) is 21.3. The number of aliphatic hydroxyl groups is 2. The number of hydrogen-bond acceptors (Lipinski definition) is 3. The zero-order chi connectivity index (χ0) is 12.8. The highest BCUT2D eigenvalue weighted by molar-refractivity contribution is 4.55. The first-order valence-corrected chi connectivity index (χ1v) is 7.33. The Morgan fingerprint density at radius 1 is 0.882 bits per heavy atom. The predicted octanol–water partition coefficient (Wildman–Crippen LogP) is 2.81. The Bertz CT molecular complexity index is 142. The van der Waals surface area contributed by atoms with Gasteiger partial charge in [0.05, 0.1) is 0 Å². The van der Waals surface area contributed by atoms with Crippen LogP contribution in [0.2, 0.25) is 0 Å².